The van der Waals surface area contributed by atoms with Crippen LogP contribution in [-0.4, -0.2) is 28.0 Å². The number of ether oxygens (including phenoxy) is 2. The normalized spacial score (nSPS) is 20.8. The molecule has 0 amide bonds. The smallest absolute Gasteiger partial charge is 0.204 e. The summed E-state index contributed by atoms with van der Waals surface area (Å²) in [7, 11) is -1.24. The molecule has 0 bridgehead atoms. The van der Waals surface area contributed by atoms with E-state index < -0.39 is 16.4 Å². The maximum Gasteiger partial charge on any atom is 0.204 e. The average Bonchev–Trinajstić information content (AvgIpc) is 2.90. The van der Waals surface area contributed by atoms with E-state index in [0.29, 0.717) is 17.3 Å². The first-order valence-corrected chi connectivity index (χ1v) is 9.38. The molecule has 1 heterocycles. The van der Waals surface area contributed by atoms with Crippen molar-refractivity contribution in [3.8, 4) is 0 Å². The largest absolute Gasteiger partial charge is 0.480 e. The molecule has 0 spiro atoms. The van der Waals surface area contributed by atoms with E-state index in [0.717, 1.165) is 5.56 Å². The summed E-state index contributed by atoms with van der Waals surface area (Å²) in [6.45, 7) is 2.27. The molecule has 0 N–H and O–H groups in total. The van der Waals surface area contributed by atoms with Crippen LogP contribution in [0.25, 0.3) is 0 Å². The number of hydrogen-bond acceptors (Lipinski definition) is 4. The summed E-state index contributed by atoms with van der Waals surface area (Å²) in [6.07, 6.45) is 1.44. The van der Waals surface area contributed by atoms with Crippen molar-refractivity contribution >= 4 is 16.6 Å². The topological polar surface area (TPSA) is 52.6 Å². The zero-order chi connectivity index (χ0) is 17.7. The van der Waals surface area contributed by atoms with Crippen molar-refractivity contribution in [3.63, 3.8) is 0 Å². The summed E-state index contributed by atoms with van der Waals surface area (Å²) in [4.78, 5) is 13.0. The molecule has 1 aliphatic heterocycles. The number of ketones is 1. The SMILES string of the molecule is CC1(COCc2ccccc2)OC(CS(=O)c2ccccc2)=CC1=O. The number of carbonyl (C=O) groups excluding carboxylic acids is 1. The Bertz CT molecular complexity index is 786. The molecule has 3 rings (SSSR count). The van der Waals surface area contributed by atoms with Gasteiger partial charge in [0.15, 0.2) is 5.60 Å². The Morgan fingerprint density at radius 3 is 2.36 bits per heavy atom. The zero-order valence-electron chi connectivity index (χ0n) is 14.0. The first-order chi connectivity index (χ1) is 12.1. The molecule has 2 aromatic carbocycles. The first-order valence-electron chi connectivity index (χ1n) is 8.06. The lowest BCUT2D eigenvalue weighted by atomic mass is 10.0. The molecule has 5 heteroatoms. The second-order valence-electron chi connectivity index (χ2n) is 6.09. The van der Waals surface area contributed by atoms with Gasteiger partial charge in [0, 0.05) is 11.0 Å². The van der Waals surface area contributed by atoms with Crippen LogP contribution in [0.1, 0.15) is 12.5 Å². The van der Waals surface area contributed by atoms with Crippen LogP contribution < -0.4 is 0 Å². The molecule has 130 valence electrons. The molecule has 1 aliphatic rings. The van der Waals surface area contributed by atoms with Crippen LogP contribution in [0.2, 0.25) is 0 Å². The number of carbonyl (C=O) groups is 1. The predicted molar refractivity (Wildman–Crippen MR) is 96.4 cm³/mol. The van der Waals surface area contributed by atoms with Gasteiger partial charge < -0.3 is 9.47 Å². The molecule has 2 aromatic rings. The maximum absolute atomic E-state index is 12.4. The second kappa shape index (κ2) is 7.76. The fourth-order valence-corrected chi connectivity index (χ4v) is 3.59. The van der Waals surface area contributed by atoms with Crippen LogP contribution in [0.5, 0.6) is 0 Å². The molecule has 2 atom stereocenters. The highest BCUT2D eigenvalue weighted by atomic mass is 32.2. The van der Waals surface area contributed by atoms with Crippen LogP contribution in [0.4, 0.5) is 0 Å². The van der Waals surface area contributed by atoms with Crippen LogP contribution in [0.15, 0.2) is 77.4 Å². The highest BCUT2D eigenvalue weighted by Crippen LogP contribution is 2.27. The molecule has 0 saturated heterocycles. The average molecular weight is 356 g/mol. The van der Waals surface area contributed by atoms with E-state index in [4.69, 9.17) is 9.47 Å². The first kappa shape index (κ1) is 17.6. The van der Waals surface area contributed by atoms with Gasteiger partial charge >= 0.3 is 0 Å². The van der Waals surface area contributed by atoms with E-state index in [1.165, 1.54) is 6.08 Å². The minimum absolute atomic E-state index is 0.151. The van der Waals surface area contributed by atoms with Gasteiger partial charge in [0.05, 0.1) is 29.8 Å². The monoisotopic (exact) mass is 356 g/mol. The van der Waals surface area contributed by atoms with Crippen molar-refractivity contribution in [2.45, 2.75) is 24.0 Å². The van der Waals surface area contributed by atoms with Gasteiger partial charge in [-0.05, 0) is 24.6 Å². The standard InChI is InChI=1S/C20H20O4S/c1-20(15-23-13-16-8-4-2-5-9-16)19(21)12-17(24-20)14-25(22)18-10-6-3-7-11-18/h2-12H,13-15H2,1H3. The van der Waals surface area contributed by atoms with E-state index in [9.17, 15) is 9.00 Å². The molecule has 2 unspecified atom stereocenters. The fourth-order valence-electron chi connectivity index (χ4n) is 2.56. The van der Waals surface area contributed by atoms with Crippen molar-refractivity contribution in [1.29, 1.82) is 0 Å². The molecular formula is C20H20O4S. The Morgan fingerprint density at radius 1 is 1.04 bits per heavy atom. The minimum Gasteiger partial charge on any atom is -0.480 e. The van der Waals surface area contributed by atoms with Crippen LogP contribution in [0.3, 0.4) is 0 Å². The maximum atomic E-state index is 12.4. The Labute approximate surface area is 149 Å². The molecule has 0 saturated carbocycles. The third kappa shape index (κ3) is 4.44. The number of hydrogen-bond donors (Lipinski definition) is 0. The molecule has 0 aromatic heterocycles. The van der Waals surface area contributed by atoms with Crippen LogP contribution >= 0.6 is 0 Å². The van der Waals surface area contributed by atoms with Crippen molar-refractivity contribution in [1.82, 2.24) is 0 Å². The van der Waals surface area contributed by atoms with Gasteiger partial charge in [0.2, 0.25) is 5.78 Å². The third-order valence-corrected chi connectivity index (χ3v) is 5.28. The second-order valence-corrected chi connectivity index (χ2v) is 7.54. The van der Waals surface area contributed by atoms with Crippen molar-refractivity contribution < 1.29 is 18.5 Å². The van der Waals surface area contributed by atoms with Crippen molar-refractivity contribution in [2.24, 2.45) is 0 Å². The fraction of sp³-hybridized carbons (Fsp3) is 0.250. The molecule has 0 aliphatic carbocycles. The molecule has 4 nitrogen and oxygen atoms in total. The van der Waals surface area contributed by atoms with E-state index in [2.05, 4.69) is 0 Å². The van der Waals surface area contributed by atoms with E-state index in [1.807, 2.05) is 48.5 Å². The van der Waals surface area contributed by atoms with Gasteiger partial charge in [-0.3, -0.25) is 9.00 Å². The Hall–Kier alpha value is -2.24. The summed E-state index contributed by atoms with van der Waals surface area (Å²) < 4.78 is 23.8. The number of benzene rings is 2. The Morgan fingerprint density at radius 2 is 1.68 bits per heavy atom. The molecular weight excluding hydrogens is 336 g/mol. The Kier molecular flexibility index (Phi) is 5.46. The predicted octanol–water partition coefficient (Wildman–Crippen LogP) is 3.25. The summed E-state index contributed by atoms with van der Waals surface area (Å²) in [5, 5.41) is 0. The van der Waals surface area contributed by atoms with E-state index in [-0.39, 0.29) is 18.1 Å². The van der Waals surface area contributed by atoms with Crippen molar-refractivity contribution in [3.05, 3.63) is 78.1 Å². The van der Waals surface area contributed by atoms with Gasteiger partial charge in [-0.1, -0.05) is 48.5 Å². The highest BCUT2D eigenvalue weighted by molar-refractivity contribution is 7.85. The third-order valence-electron chi connectivity index (χ3n) is 3.94. The molecule has 0 fully saturated rings. The number of rotatable bonds is 7. The summed E-state index contributed by atoms with van der Waals surface area (Å²) in [6, 6.07) is 18.9. The van der Waals surface area contributed by atoms with E-state index in [1.54, 1.807) is 19.1 Å². The highest BCUT2D eigenvalue weighted by Gasteiger charge is 2.40. The summed E-state index contributed by atoms with van der Waals surface area (Å²) in [5.74, 6) is 0.475. The van der Waals surface area contributed by atoms with Crippen molar-refractivity contribution in [2.75, 3.05) is 12.4 Å². The zero-order valence-corrected chi connectivity index (χ0v) is 14.8. The lowest BCUT2D eigenvalue weighted by Gasteiger charge is -2.23. The lowest BCUT2D eigenvalue weighted by molar-refractivity contribution is -0.135. The van der Waals surface area contributed by atoms with Crippen LogP contribution in [-0.2, 0) is 31.7 Å². The van der Waals surface area contributed by atoms with Crippen LogP contribution in [0, 0.1) is 0 Å². The Balaban J connectivity index is 1.55. The molecule has 25 heavy (non-hydrogen) atoms. The quantitative estimate of drug-likeness (QED) is 0.764. The summed E-state index contributed by atoms with van der Waals surface area (Å²) in [5.41, 5.74) is -0.0136. The van der Waals surface area contributed by atoms with Gasteiger partial charge in [-0.15, -0.1) is 0 Å². The minimum atomic E-state index is -1.24. The van der Waals surface area contributed by atoms with Gasteiger partial charge in [-0.2, -0.15) is 0 Å². The lowest BCUT2D eigenvalue weighted by Crippen LogP contribution is -2.38. The van der Waals surface area contributed by atoms with Gasteiger partial charge in [0.25, 0.3) is 0 Å². The van der Waals surface area contributed by atoms with Gasteiger partial charge in [0.1, 0.15) is 5.76 Å². The summed E-state index contributed by atoms with van der Waals surface area (Å²) >= 11 is 0. The van der Waals surface area contributed by atoms with E-state index >= 15 is 0 Å². The van der Waals surface area contributed by atoms with Gasteiger partial charge in [-0.25, -0.2) is 0 Å². The molecule has 0 radical (unpaired) electrons.